The second-order valence-corrected chi connectivity index (χ2v) is 6.44. The number of carbonyl (C=O) groups excluding carboxylic acids is 2. The van der Waals surface area contributed by atoms with Gasteiger partial charge in [0.25, 0.3) is 0 Å². The zero-order valence-electron chi connectivity index (χ0n) is 15.4. The highest BCUT2D eigenvalue weighted by Crippen LogP contribution is 2.21. The van der Waals surface area contributed by atoms with Crippen molar-refractivity contribution in [3.8, 4) is 0 Å². The molecule has 0 aliphatic carbocycles. The summed E-state index contributed by atoms with van der Waals surface area (Å²) in [6.45, 7) is 0. The first kappa shape index (κ1) is 19.8. The maximum Gasteiger partial charge on any atom is 0.248 e. The van der Waals surface area contributed by atoms with Gasteiger partial charge >= 0.3 is 0 Å². The second kappa shape index (κ2) is 8.35. The molecule has 0 saturated heterocycles. The largest absolute Gasteiger partial charge is 0.398 e. The van der Waals surface area contributed by atoms with E-state index >= 15 is 0 Å². The van der Waals surface area contributed by atoms with Crippen LogP contribution in [-0.2, 0) is 11.2 Å². The fourth-order valence-corrected chi connectivity index (χ4v) is 2.85. The van der Waals surface area contributed by atoms with Gasteiger partial charge in [-0.2, -0.15) is 0 Å². The van der Waals surface area contributed by atoms with E-state index in [4.69, 9.17) is 16.9 Å². The second-order valence-electron chi connectivity index (χ2n) is 6.44. The first-order valence-corrected chi connectivity index (χ1v) is 8.77. The number of amides is 2. The molecule has 0 aliphatic rings. The molecular weight excluding hydrogens is 371 g/mol. The van der Waals surface area contributed by atoms with Crippen LogP contribution in [0.5, 0.6) is 0 Å². The van der Waals surface area contributed by atoms with Crippen molar-refractivity contribution in [2.24, 2.45) is 5.73 Å². The molecule has 0 aliphatic heterocycles. The Morgan fingerprint density at radius 1 is 0.966 bits per heavy atom. The summed E-state index contributed by atoms with van der Waals surface area (Å²) >= 11 is 0. The summed E-state index contributed by atoms with van der Waals surface area (Å²) in [6, 6.07) is 17.2. The molecule has 0 unspecified atom stereocenters. The highest BCUT2D eigenvalue weighted by molar-refractivity contribution is 6.15. The zero-order valence-corrected chi connectivity index (χ0v) is 15.4. The normalized spacial score (nSPS) is 10.4. The monoisotopic (exact) mass is 390 g/mol. The lowest BCUT2D eigenvalue weighted by molar-refractivity contribution is -0.115. The average molecular weight is 390 g/mol. The van der Waals surface area contributed by atoms with Crippen LogP contribution in [0.15, 0.2) is 66.7 Å². The molecule has 29 heavy (non-hydrogen) atoms. The molecule has 0 bridgehead atoms. The van der Waals surface area contributed by atoms with Gasteiger partial charge in [-0.05, 0) is 42.0 Å². The van der Waals surface area contributed by atoms with Gasteiger partial charge in [-0.3, -0.25) is 15.0 Å². The summed E-state index contributed by atoms with van der Waals surface area (Å²) in [5.74, 6) is -1.44. The molecule has 3 rings (SSSR count). The number of halogens is 1. The molecular formula is C22H19FN4O2. The van der Waals surface area contributed by atoms with Crippen LogP contribution in [0.1, 0.15) is 27.0 Å². The fourth-order valence-electron chi connectivity index (χ4n) is 2.85. The van der Waals surface area contributed by atoms with Crippen LogP contribution in [0.2, 0.25) is 0 Å². The standard InChI is InChI=1S/C22H19FN4O2/c23-18-7-2-1-4-13(18)12-20(28)27-16-6-3-5-14(10-16)21(25)17-11-15(22(26)29)8-9-19(17)24/h1-11,25H,12,24H2,(H2,26,29)(H,27,28). The van der Waals surface area contributed by atoms with Gasteiger partial charge in [0.05, 0.1) is 12.1 Å². The van der Waals surface area contributed by atoms with Crippen molar-refractivity contribution in [3.63, 3.8) is 0 Å². The maximum absolute atomic E-state index is 13.7. The molecule has 0 fully saturated rings. The molecule has 0 saturated carbocycles. The molecule has 6 nitrogen and oxygen atoms in total. The van der Waals surface area contributed by atoms with Crippen molar-refractivity contribution in [1.29, 1.82) is 5.41 Å². The van der Waals surface area contributed by atoms with Crippen molar-refractivity contribution in [1.82, 2.24) is 0 Å². The first-order valence-electron chi connectivity index (χ1n) is 8.77. The number of primary amides is 1. The van der Waals surface area contributed by atoms with Crippen LogP contribution in [-0.4, -0.2) is 17.5 Å². The molecule has 0 radical (unpaired) electrons. The Balaban J connectivity index is 1.80. The minimum Gasteiger partial charge on any atom is -0.398 e. The number of hydrogen-bond acceptors (Lipinski definition) is 4. The molecule has 2 amide bonds. The van der Waals surface area contributed by atoms with Gasteiger partial charge in [0, 0.05) is 28.1 Å². The third-order valence-electron chi connectivity index (χ3n) is 4.35. The van der Waals surface area contributed by atoms with Crippen molar-refractivity contribution >= 4 is 28.9 Å². The molecule has 0 aromatic heterocycles. The summed E-state index contributed by atoms with van der Waals surface area (Å²) in [5.41, 5.74) is 13.5. The zero-order chi connectivity index (χ0) is 21.0. The van der Waals surface area contributed by atoms with E-state index in [0.29, 0.717) is 28.1 Å². The minimum atomic E-state index is -0.617. The molecule has 3 aromatic carbocycles. The Labute approximate surface area is 166 Å². The number of nitrogen functional groups attached to an aromatic ring is 1. The Morgan fingerprint density at radius 3 is 2.45 bits per heavy atom. The maximum atomic E-state index is 13.7. The Hall–Kier alpha value is -4.00. The van der Waals surface area contributed by atoms with Gasteiger partial charge in [0.2, 0.25) is 11.8 Å². The smallest absolute Gasteiger partial charge is 0.248 e. The third kappa shape index (κ3) is 4.65. The van der Waals surface area contributed by atoms with Crippen LogP contribution >= 0.6 is 0 Å². The van der Waals surface area contributed by atoms with E-state index in [1.54, 1.807) is 42.5 Å². The molecule has 0 atom stereocenters. The number of nitrogens with two attached hydrogens (primary N) is 2. The lowest BCUT2D eigenvalue weighted by Crippen LogP contribution is -2.16. The number of hydrogen-bond donors (Lipinski definition) is 4. The molecule has 0 heterocycles. The average Bonchev–Trinajstić information content (AvgIpc) is 2.69. The predicted octanol–water partition coefficient (Wildman–Crippen LogP) is 3.10. The number of benzene rings is 3. The van der Waals surface area contributed by atoms with Crippen LogP contribution in [0.3, 0.4) is 0 Å². The van der Waals surface area contributed by atoms with E-state index in [1.807, 2.05) is 0 Å². The van der Waals surface area contributed by atoms with Crippen LogP contribution < -0.4 is 16.8 Å². The van der Waals surface area contributed by atoms with Crippen LogP contribution in [0, 0.1) is 11.2 Å². The van der Waals surface area contributed by atoms with Crippen LogP contribution in [0.4, 0.5) is 15.8 Å². The number of carbonyl (C=O) groups is 2. The van der Waals surface area contributed by atoms with Gasteiger partial charge in [0.15, 0.2) is 0 Å². The van der Waals surface area contributed by atoms with Gasteiger partial charge < -0.3 is 16.8 Å². The number of anilines is 2. The molecule has 0 spiro atoms. The van der Waals surface area contributed by atoms with Crippen molar-refractivity contribution < 1.29 is 14.0 Å². The van der Waals surface area contributed by atoms with Crippen molar-refractivity contribution in [2.45, 2.75) is 6.42 Å². The lowest BCUT2D eigenvalue weighted by atomic mass is 9.98. The summed E-state index contributed by atoms with van der Waals surface area (Å²) in [4.78, 5) is 23.7. The topological polar surface area (TPSA) is 122 Å². The predicted molar refractivity (Wildman–Crippen MR) is 110 cm³/mol. The number of rotatable bonds is 6. The Bertz CT molecular complexity index is 1110. The molecule has 6 N–H and O–H groups in total. The lowest BCUT2D eigenvalue weighted by Gasteiger charge is -2.11. The van der Waals surface area contributed by atoms with Gasteiger partial charge in [-0.25, -0.2) is 4.39 Å². The highest BCUT2D eigenvalue weighted by Gasteiger charge is 2.13. The Morgan fingerprint density at radius 2 is 1.72 bits per heavy atom. The van der Waals surface area contributed by atoms with E-state index in [1.165, 1.54) is 24.3 Å². The fraction of sp³-hybridized carbons (Fsp3) is 0.0455. The SMILES string of the molecule is N=C(c1cccc(NC(=O)Cc2ccccc2F)c1)c1cc(C(N)=O)ccc1N. The summed E-state index contributed by atoms with van der Waals surface area (Å²) in [5, 5.41) is 11.1. The van der Waals surface area contributed by atoms with Gasteiger partial charge in [-0.1, -0.05) is 30.3 Å². The molecule has 146 valence electrons. The van der Waals surface area contributed by atoms with E-state index in [2.05, 4.69) is 5.32 Å². The molecule has 7 heteroatoms. The van der Waals surface area contributed by atoms with Gasteiger partial charge in [-0.15, -0.1) is 0 Å². The highest BCUT2D eigenvalue weighted by atomic mass is 19.1. The Kier molecular flexibility index (Phi) is 5.69. The van der Waals surface area contributed by atoms with E-state index < -0.39 is 11.7 Å². The van der Waals surface area contributed by atoms with Gasteiger partial charge in [0.1, 0.15) is 5.82 Å². The summed E-state index contributed by atoms with van der Waals surface area (Å²) in [7, 11) is 0. The number of nitrogens with one attached hydrogen (secondary N) is 2. The first-order chi connectivity index (χ1) is 13.8. The quantitative estimate of drug-likeness (QED) is 0.382. The third-order valence-corrected chi connectivity index (χ3v) is 4.35. The minimum absolute atomic E-state index is 0.0794. The molecule has 3 aromatic rings. The van der Waals surface area contributed by atoms with E-state index in [0.717, 1.165) is 0 Å². The summed E-state index contributed by atoms with van der Waals surface area (Å²) in [6.07, 6.45) is -0.109. The van der Waals surface area contributed by atoms with Crippen molar-refractivity contribution in [3.05, 3.63) is 94.8 Å². The van der Waals surface area contributed by atoms with E-state index in [-0.39, 0.29) is 23.6 Å². The van der Waals surface area contributed by atoms with Crippen LogP contribution in [0.25, 0.3) is 0 Å². The van der Waals surface area contributed by atoms with E-state index in [9.17, 15) is 14.0 Å². The summed E-state index contributed by atoms with van der Waals surface area (Å²) < 4.78 is 13.7. The van der Waals surface area contributed by atoms with Crippen molar-refractivity contribution in [2.75, 3.05) is 11.1 Å².